The molecule has 4 rings (SSSR count). The summed E-state index contributed by atoms with van der Waals surface area (Å²) in [7, 11) is 0. The van der Waals surface area contributed by atoms with Crippen LogP contribution >= 0.6 is 11.6 Å². The van der Waals surface area contributed by atoms with Gasteiger partial charge in [-0.25, -0.2) is 14.4 Å². The number of carbonyl (C=O) groups is 1. The van der Waals surface area contributed by atoms with Gasteiger partial charge < -0.3 is 5.32 Å². The highest BCUT2D eigenvalue weighted by Gasteiger charge is 2.62. The van der Waals surface area contributed by atoms with Gasteiger partial charge in [-0.1, -0.05) is 24.6 Å². The molecule has 1 saturated carbocycles. The Kier molecular flexibility index (Phi) is 5.17. The number of halogens is 2. The van der Waals surface area contributed by atoms with Crippen LogP contribution in [-0.4, -0.2) is 28.1 Å². The van der Waals surface area contributed by atoms with Crippen LogP contribution in [-0.2, 0) is 5.41 Å². The summed E-state index contributed by atoms with van der Waals surface area (Å²) in [6.45, 7) is 3.58. The molecule has 4 atom stereocenters. The second-order valence-electron chi connectivity index (χ2n) is 7.78. The number of alkyl halides is 1. The molecule has 1 fully saturated rings. The van der Waals surface area contributed by atoms with Crippen LogP contribution in [0.3, 0.4) is 0 Å². The van der Waals surface area contributed by atoms with E-state index in [2.05, 4.69) is 21.4 Å². The number of aryl methyl sites for hydroxylation is 1. The van der Waals surface area contributed by atoms with E-state index in [4.69, 9.17) is 16.9 Å². The van der Waals surface area contributed by atoms with E-state index in [-0.39, 0.29) is 17.0 Å². The lowest BCUT2D eigenvalue weighted by atomic mass is 9.79. The summed E-state index contributed by atoms with van der Waals surface area (Å²) in [6, 6.07) is 8.51. The van der Waals surface area contributed by atoms with Crippen molar-refractivity contribution in [2.24, 2.45) is 5.92 Å². The first-order valence-electron chi connectivity index (χ1n) is 9.69. The summed E-state index contributed by atoms with van der Waals surface area (Å²) < 4.78 is 14.7. The molecule has 1 N–H and O–H groups in total. The normalized spacial score (nSPS) is 27.5. The summed E-state index contributed by atoms with van der Waals surface area (Å²) in [4.78, 5) is 21.7. The van der Waals surface area contributed by atoms with Crippen LogP contribution in [0.25, 0.3) is 0 Å². The topological polar surface area (TPSA) is 78.7 Å². The number of rotatable bonds is 4. The summed E-state index contributed by atoms with van der Waals surface area (Å²) >= 11 is 6.00. The molecule has 7 heteroatoms. The third-order valence-electron chi connectivity index (χ3n) is 5.97. The number of hydrogen-bond donors (Lipinski definition) is 1. The van der Waals surface area contributed by atoms with E-state index in [1.165, 1.54) is 0 Å². The molecule has 1 heterocycles. The number of nitrogens with zero attached hydrogens (tertiary/aromatic N) is 3. The van der Waals surface area contributed by atoms with Gasteiger partial charge in [0.15, 0.2) is 0 Å². The van der Waals surface area contributed by atoms with Gasteiger partial charge in [-0.2, -0.15) is 5.26 Å². The van der Waals surface area contributed by atoms with Gasteiger partial charge in [-0.05, 0) is 54.8 Å². The fraction of sp³-hybridized carbons (Fsp3) is 0.304. The van der Waals surface area contributed by atoms with Crippen LogP contribution in [0.15, 0.2) is 59.4 Å². The number of nitrogens with one attached hydrogen (secondary N) is 1. The second-order valence-corrected chi connectivity index (χ2v) is 8.22. The molecule has 2 aliphatic rings. The zero-order valence-corrected chi connectivity index (χ0v) is 17.3. The Hall–Kier alpha value is -3.04. The first-order chi connectivity index (χ1) is 14.4. The quantitative estimate of drug-likeness (QED) is 0.803. The molecule has 0 radical (unpaired) electrons. The molecule has 2 aliphatic carbocycles. The molecular weight excluding hydrogens is 403 g/mol. The number of hydrogen-bond acceptors (Lipinski definition) is 4. The van der Waals surface area contributed by atoms with Gasteiger partial charge >= 0.3 is 0 Å². The maximum absolute atomic E-state index is 14.7. The van der Waals surface area contributed by atoms with Crippen molar-refractivity contribution in [2.45, 2.75) is 37.9 Å². The maximum Gasteiger partial charge on any atom is 0.251 e. The standard InChI is InChI=1S/C23H20ClFN4O/c1-13-10-15(4-5-16(13)12-26)21(30)29-19-11-23(19,22-27-8-3-9-28-22)17-6-7-18(24)20(25)14(17)2/h3-10,14,19-20H,11H2,1-2H3,(H,29,30). The third kappa shape index (κ3) is 3.29. The predicted octanol–water partition coefficient (Wildman–Crippen LogP) is 4.13. The van der Waals surface area contributed by atoms with Gasteiger partial charge in [-0.15, -0.1) is 0 Å². The average Bonchev–Trinajstić information content (AvgIpc) is 3.47. The number of carbonyl (C=O) groups excluding carboxylic acids is 1. The molecular formula is C23H20ClFN4O. The van der Waals surface area contributed by atoms with Crippen LogP contribution in [0.1, 0.15) is 40.7 Å². The van der Waals surface area contributed by atoms with Gasteiger partial charge in [0.25, 0.3) is 5.91 Å². The van der Waals surface area contributed by atoms with Gasteiger partial charge in [0, 0.05) is 29.9 Å². The molecule has 0 bridgehead atoms. The molecule has 1 amide bonds. The molecule has 30 heavy (non-hydrogen) atoms. The largest absolute Gasteiger partial charge is 0.348 e. The Balaban J connectivity index is 1.66. The van der Waals surface area contributed by atoms with Gasteiger partial charge in [0.05, 0.1) is 22.1 Å². The molecule has 4 unspecified atom stereocenters. The van der Waals surface area contributed by atoms with Crippen LogP contribution in [0.5, 0.6) is 0 Å². The fourth-order valence-electron chi connectivity index (χ4n) is 4.20. The lowest BCUT2D eigenvalue weighted by Gasteiger charge is -2.29. The fourth-order valence-corrected chi connectivity index (χ4v) is 4.45. The maximum atomic E-state index is 14.7. The highest BCUT2D eigenvalue weighted by molar-refractivity contribution is 6.30. The molecule has 0 saturated heterocycles. The molecule has 5 nitrogen and oxygen atoms in total. The molecule has 1 aromatic carbocycles. The van der Waals surface area contributed by atoms with E-state index < -0.39 is 17.5 Å². The minimum absolute atomic E-state index is 0.171. The van der Waals surface area contributed by atoms with Crippen LogP contribution in [0.2, 0.25) is 0 Å². The summed E-state index contributed by atoms with van der Waals surface area (Å²) in [6.07, 6.45) is 5.98. The van der Waals surface area contributed by atoms with Crippen molar-refractivity contribution in [1.82, 2.24) is 15.3 Å². The van der Waals surface area contributed by atoms with E-state index in [9.17, 15) is 9.18 Å². The molecule has 0 spiro atoms. The van der Waals surface area contributed by atoms with E-state index in [0.29, 0.717) is 23.4 Å². The van der Waals surface area contributed by atoms with Crippen molar-refractivity contribution >= 4 is 17.5 Å². The van der Waals surface area contributed by atoms with Gasteiger partial charge in [0.2, 0.25) is 0 Å². The minimum atomic E-state index is -1.30. The Bertz CT molecular complexity index is 1110. The molecule has 2 aromatic rings. The zero-order chi connectivity index (χ0) is 21.5. The lowest BCUT2D eigenvalue weighted by molar-refractivity contribution is 0.0948. The average molecular weight is 423 g/mol. The van der Waals surface area contributed by atoms with E-state index in [1.54, 1.807) is 56.6 Å². The first kappa shape index (κ1) is 20.2. The minimum Gasteiger partial charge on any atom is -0.348 e. The first-order valence-corrected chi connectivity index (χ1v) is 10.1. The second kappa shape index (κ2) is 7.66. The summed E-state index contributed by atoms with van der Waals surface area (Å²) in [5.74, 6) is -0.145. The molecule has 1 aromatic heterocycles. The number of aromatic nitrogens is 2. The van der Waals surface area contributed by atoms with Crippen molar-refractivity contribution in [2.75, 3.05) is 0 Å². The van der Waals surface area contributed by atoms with Gasteiger partial charge in [0.1, 0.15) is 12.0 Å². The van der Waals surface area contributed by atoms with Crippen molar-refractivity contribution < 1.29 is 9.18 Å². The number of allylic oxidation sites excluding steroid dienone is 3. The number of nitriles is 1. The summed E-state index contributed by atoms with van der Waals surface area (Å²) in [5, 5.41) is 12.3. The van der Waals surface area contributed by atoms with Crippen molar-refractivity contribution in [1.29, 1.82) is 5.26 Å². The SMILES string of the molecule is Cc1cc(C(=O)NC2CC2(C2=CC=C(Cl)C(F)C2C)c2ncccn2)ccc1C#N. The Labute approximate surface area is 179 Å². The zero-order valence-electron chi connectivity index (χ0n) is 16.6. The lowest BCUT2D eigenvalue weighted by Crippen LogP contribution is -2.36. The van der Waals surface area contributed by atoms with E-state index in [1.807, 2.05) is 6.08 Å². The number of amides is 1. The van der Waals surface area contributed by atoms with E-state index in [0.717, 1.165) is 11.1 Å². The summed E-state index contributed by atoms with van der Waals surface area (Å²) in [5.41, 5.74) is 1.90. The highest BCUT2D eigenvalue weighted by Crippen LogP contribution is 2.56. The van der Waals surface area contributed by atoms with Crippen molar-refractivity contribution in [3.05, 3.63) is 81.9 Å². The van der Waals surface area contributed by atoms with E-state index >= 15 is 0 Å². The molecule has 0 aliphatic heterocycles. The van der Waals surface area contributed by atoms with Crippen molar-refractivity contribution in [3.8, 4) is 6.07 Å². The Morgan fingerprint density at radius 1 is 1.33 bits per heavy atom. The Morgan fingerprint density at radius 3 is 2.73 bits per heavy atom. The highest BCUT2D eigenvalue weighted by atomic mass is 35.5. The smallest absolute Gasteiger partial charge is 0.251 e. The van der Waals surface area contributed by atoms with Gasteiger partial charge in [-0.3, -0.25) is 4.79 Å². The van der Waals surface area contributed by atoms with Crippen molar-refractivity contribution in [3.63, 3.8) is 0 Å². The van der Waals surface area contributed by atoms with Crippen LogP contribution in [0.4, 0.5) is 4.39 Å². The van der Waals surface area contributed by atoms with Crippen LogP contribution in [0, 0.1) is 24.2 Å². The Morgan fingerprint density at radius 2 is 2.07 bits per heavy atom. The van der Waals surface area contributed by atoms with Crippen LogP contribution < -0.4 is 5.32 Å². The monoisotopic (exact) mass is 422 g/mol. The third-order valence-corrected chi connectivity index (χ3v) is 6.30. The molecule has 152 valence electrons. The predicted molar refractivity (Wildman–Crippen MR) is 112 cm³/mol. The number of benzene rings is 1.